The molecule has 1 amide bonds. The molecule has 1 aliphatic carbocycles. The van der Waals surface area contributed by atoms with Gasteiger partial charge >= 0.3 is 0 Å². The summed E-state index contributed by atoms with van der Waals surface area (Å²) in [5.41, 5.74) is 1.19. The van der Waals surface area contributed by atoms with Gasteiger partial charge in [-0.1, -0.05) is 11.8 Å². The fourth-order valence-electron chi connectivity index (χ4n) is 3.52. The topological polar surface area (TPSA) is 68.3 Å². The maximum atomic E-state index is 12.9. The van der Waals surface area contributed by atoms with Crippen molar-refractivity contribution >= 4 is 39.2 Å². The van der Waals surface area contributed by atoms with E-state index in [1.165, 1.54) is 28.6 Å². The normalized spacial score (nSPS) is 13.7. The minimum absolute atomic E-state index is 0.00114. The quantitative estimate of drug-likeness (QED) is 0.469. The number of thiophene rings is 1. The molecule has 148 valence electrons. The van der Waals surface area contributed by atoms with Crippen LogP contribution in [0, 0.1) is 6.92 Å². The zero-order valence-electron chi connectivity index (χ0n) is 16.3. The molecule has 0 N–H and O–H groups in total. The van der Waals surface area contributed by atoms with Gasteiger partial charge in [0.15, 0.2) is 5.16 Å². The molecule has 6 nitrogen and oxygen atoms in total. The summed E-state index contributed by atoms with van der Waals surface area (Å²) in [7, 11) is 3.49. The Morgan fingerprint density at radius 3 is 2.89 bits per heavy atom. The van der Waals surface area contributed by atoms with Crippen LogP contribution in [0.15, 0.2) is 26.5 Å². The number of fused-ring (bicyclic) bond motifs is 3. The number of aryl methyl sites for hydroxylation is 3. The fraction of sp³-hybridized carbons (Fsp3) is 0.450. The van der Waals surface area contributed by atoms with E-state index < -0.39 is 0 Å². The van der Waals surface area contributed by atoms with Gasteiger partial charge < -0.3 is 9.32 Å². The number of furan rings is 1. The Morgan fingerprint density at radius 1 is 1.36 bits per heavy atom. The second kappa shape index (κ2) is 7.75. The van der Waals surface area contributed by atoms with Gasteiger partial charge in [0.2, 0.25) is 5.91 Å². The summed E-state index contributed by atoms with van der Waals surface area (Å²) in [6, 6.07) is 3.77. The van der Waals surface area contributed by atoms with Crippen LogP contribution in [0.5, 0.6) is 0 Å². The molecule has 0 aliphatic heterocycles. The summed E-state index contributed by atoms with van der Waals surface area (Å²) in [5, 5.41) is 1.37. The van der Waals surface area contributed by atoms with Crippen LogP contribution in [-0.4, -0.2) is 33.2 Å². The van der Waals surface area contributed by atoms with Crippen LogP contribution in [0.25, 0.3) is 10.2 Å². The molecule has 0 saturated heterocycles. The number of aromatic nitrogens is 2. The number of hydrogen-bond donors (Lipinski definition) is 0. The van der Waals surface area contributed by atoms with Crippen molar-refractivity contribution in [3.05, 3.63) is 44.4 Å². The average Bonchev–Trinajstić information content (AvgIpc) is 3.25. The molecule has 1 aliphatic rings. The number of carbonyl (C=O) groups is 1. The van der Waals surface area contributed by atoms with E-state index in [2.05, 4.69) is 0 Å². The highest BCUT2D eigenvalue weighted by molar-refractivity contribution is 7.99. The van der Waals surface area contributed by atoms with Crippen molar-refractivity contribution in [3.63, 3.8) is 0 Å². The molecule has 0 radical (unpaired) electrons. The Labute approximate surface area is 171 Å². The summed E-state index contributed by atoms with van der Waals surface area (Å²) in [6.07, 6.45) is 4.32. The Hall–Kier alpha value is -2.06. The van der Waals surface area contributed by atoms with E-state index in [1.54, 1.807) is 34.9 Å². The van der Waals surface area contributed by atoms with Gasteiger partial charge in [0.05, 0.1) is 17.7 Å². The van der Waals surface area contributed by atoms with Gasteiger partial charge in [-0.2, -0.15) is 0 Å². The molecule has 0 aromatic carbocycles. The molecule has 3 aromatic heterocycles. The third-order valence-electron chi connectivity index (χ3n) is 5.09. The van der Waals surface area contributed by atoms with E-state index in [0.717, 1.165) is 41.0 Å². The lowest BCUT2D eigenvalue weighted by atomic mass is 9.97. The number of rotatable bonds is 5. The number of thioether (sulfide) groups is 1. The van der Waals surface area contributed by atoms with Gasteiger partial charge in [-0.15, -0.1) is 11.3 Å². The van der Waals surface area contributed by atoms with E-state index in [-0.39, 0.29) is 17.2 Å². The monoisotopic (exact) mass is 417 g/mol. The van der Waals surface area contributed by atoms with E-state index in [9.17, 15) is 9.59 Å². The molecule has 0 unspecified atom stereocenters. The number of carbonyl (C=O) groups excluding carboxylic acids is 1. The molecule has 0 saturated carbocycles. The molecule has 3 heterocycles. The maximum Gasteiger partial charge on any atom is 0.262 e. The molecule has 8 heteroatoms. The van der Waals surface area contributed by atoms with Crippen LogP contribution in [0.1, 0.15) is 34.8 Å². The van der Waals surface area contributed by atoms with Crippen molar-refractivity contribution in [2.45, 2.75) is 44.3 Å². The molecule has 0 spiro atoms. The summed E-state index contributed by atoms with van der Waals surface area (Å²) < 4.78 is 7.11. The lowest BCUT2D eigenvalue weighted by molar-refractivity contribution is -0.127. The second-order valence-corrected chi connectivity index (χ2v) is 9.23. The van der Waals surface area contributed by atoms with Gasteiger partial charge in [-0.25, -0.2) is 4.98 Å². The number of nitrogens with zero attached hydrogens (tertiary/aromatic N) is 3. The first-order valence-corrected chi connectivity index (χ1v) is 11.2. The van der Waals surface area contributed by atoms with Crippen molar-refractivity contribution in [1.29, 1.82) is 0 Å². The summed E-state index contributed by atoms with van der Waals surface area (Å²) >= 11 is 2.95. The van der Waals surface area contributed by atoms with Crippen LogP contribution >= 0.6 is 23.1 Å². The van der Waals surface area contributed by atoms with Crippen molar-refractivity contribution in [2.75, 3.05) is 12.8 Å². The van der Waals surface area contributed by atoms with Crippen molar-refractivity contribution in [1.82, 2.24) is 14.5 Å². The lowest BCUT2D eigenvalue weighted by Crippen LogP contribution is -2.28. The molecule has 4 rings (SSSR count). The van der Waals surface area contributed by atoms with Gasteiger partial charge in [0, 0.05) is 19.0 Å². The zero-order chi connectivity index (χ0) is 19.8. The molecule has 28 heavy (non-hydrogen) atoms. The second-order valence-electron chi connectivity index (χ2n) is 7.20. The van der Waals surface area contributed by atoms with E-state index in [4.69, 9.17) is 9.40 Å². The minimum atomic E-state index is -0.0288. The van der Waals surface area contributed by atoms with Gasteiger partial charge in [0.1, 0.15) is 16.4 Å². The largest absolute Gasteiger partial charge is 0.464 e. The molecular weight excluding hydrogens is 394 g/mol. The molecule has 3 aromatic rings. The first kappa shape index (κ1) is 19.3. The van der Waals surface area contributed by atoms with Crippen LogP contribution in [0.4, 0.5) is 0 Å². The number of hydrogen-bond acceptors (Lipinski definition) is 6. The van der Waals surface area contributed by atoms with Crippen LogP contribution in [0.2, 0.25) is 0 Å². The molecule has 0 atom stereocenters. The minimum Gasteiger partial charge on any atom is -0.464 e. The fourth-order valence-corrected chi connectivity index (χ4v) is 5.74. The molecular formula is C20H23N3O3S2. The highest BCUT2D eigenvalue weighted by Crippen LogP contribution is 2.34. The predicted octanol–water partition coefficient (Wildman–Crippen LogP) is 3.53. The first-order valence-electron chi connectivity index (χ1n) is 9.37. The van der Waals surface area contributed by atoms with Crippen molar-refractivity contribution < 1.29 is 9.21 Å². The van der Waals surface area contributed by atoms with E-state index in [1.807, 2.05) is 19.1 Å². The van der Waals surface area contributed by atoms with Gasteiger partial charge in [-0.05, 0) is 50.3 Å². The standard InChI is InChI=1S/C20H23N3O3S2/c1-12-8-9-13(26-12)10-22(2)16(24)11-27-20-21-18-17(19(25)23(20)3)14-6-4-5-7-15(14)28-18/h8-9H,4-7,10-11H2,1-3H3. The predicted molar refractivity (Wildman–Crippen MR) is 112 cm³/mol. The highest BCUT2D eigenvalue weighted by atomic mass is 32.2. The Balaban J connectivity index is 1.51. The van der Waals surface area contributed by atoms with Crippen LogP contribution in [0.3, 0.4) is 0 Å². The Morgan fingerprint density at radius 2 is 2.14 bits per heavy atom. The average molecular weight is 418 g/mol. The summed E-state index contributed by atoms with van der Waals surface area (Å²) in [5.74, 6) is 1.79. The Bertz CT molecular complexity index is 1100. The molecule has 0 bridgehead atoms. The van der Waals surface area contributed by atoms with Crippen molar-refractivity contribution in [2.24, 2.45) is 7.05 Å². The zero-order valence-corrected chi connectivity index (χ0v) is 17.9. The van der Waals surface area contributed by atoms with Crippen LogP contribution in [-0.2, 0) is 31.2 Å². The third-order valence-corrected chi connectivity index (χ3v) is 7.30. The lowest BCUT2D eigenvalue weighted by Gasteiger charge is -2.16. The SMILES string of the molecule is Cc1ccc(CN(C)C(=O)CSc2nc3sc4c(c3c(=O)n2C)CCCC4)o1. The molecule has 0 fully saturated rings. The van der Waals surface area contributed by atoms with E-state index in [0.29, 0.717) is 11.7 Å². The summed E-state index contributed by atoms with van der Waals surface area (Å²) in [4.78, 5) is 33.9. The Kier molecular flexibility index (Phi) is 5.33. The number of amides is 1. The van der Waals surface area contributed by atoms with E-state index >= 15 is 0 Å². The third kappa shape index (κ3) is 3.63. The highest BCUT2D eigenvalue weighted by Gasteiger charge is 2.22. The van der Waals surface area contributed by atoms with Crippen LogP contribution < -0.4 is 5.56 Å². The first-order chi connectivity index (χ1) is 13.4. The van der Waals surface area contributed by atoms with Gasteiger partial charge in [0.25, 0.3) is 5.56 Å². The summed E-state index contributed by atoms with van der Waals surface area (Å²) in [6.45, 7) is 2.31. The smallest absolute Gasteiger partial charge is 0.262 e. The van der Waals surface area contributed by atoms with Crippen molar-refractivity contribution in [3.8, 4) is 0 Å². The maximum absolute atomic E-state index is 12.9. The van der Waals surface area contributed by atoms with Gasteiger partial charge in [-0.3, -0.25) is 14.2 Å².